The quantitative estimate of drug-likeness (QED) is 0.663. The maximum absolute atomic E-state index is 11.9. The first kappa shape index (κ1) is 12.3. The van der Waals surface area contributed by atoms with E-state index in [-0.39, 0.29) is 30.4 Å². The van der Waals surface area contributed by atoms with Gasteiger partial charge >= 0.3 is 0 Å². The molecule has 1 aliphatic heterocycles. The SMILES string of the molecule is COCC(=O)N1CCN(C(=O)C2CC2N)CC1. The Hall–Kier alpha value is -1.14. The minimum atomic E-state index is -0.0114. The van der Waals surface area contributed by atoms with E-state index in [0.29, 0.717) is 26.2 Å². The topological polar surface area (TPSA) is 75.9 Å². The van der Waals surface area contributed by atoms with Gasteiger partial charge in [0.2, 0.25) is 11.8 Å². The maximum Gasteiger partial charge on any atom is 0.248 e. The summed E-state index contributed by atoms with van der Waals surface area (Å²) in [5.41, 5.74) is 5.66. The van der Waals surface area contributed by atoms with Crippen molar-refractivity contribution in [2.45, 2.75) is 12.5 Å². The second-order valence-corrected chi connectivity index (χ2v) is 4.65. The average molecular weight is 241 g/mol. The number of methoxy groups -OCH3 is 1. The fourth-order valence-corrected chi connectivity index (χ4v) is 2.12. The average Bonchev–Trinajstić information content (AvgIpc) is 3.06. The zero-order valence-electron chi connectivity index (χ0n) is 10.1. The molecule has 6 heteroatoms. The zero-order chi connectivity index (χ0) is 12.4. The highest BCUT2D eigenvalue weighted by molar-refractivity contribution is 5.83. The van der Waals surface area contributed by atoms with Crippen molar-refractivity contribution >= 4 is 11.8 Å². The van der Waals surface area contributed by atoms with Gasteiger partial charge in [0.25, 0.3) is 0 Å². The molecule has 0 bridgehead atoms. The number of hydrogen-bond acceptors (Lipinski definition) is 4. The molecule has 2 aliphatic rings. The summed E-state index contributed by atoms with van der Waals surface area (Å²) in [6.45, 7) is 2.52. The van der Waals surface area contributed by atoms with Gasteiger partial charge in [-0.15, -0.1) is 0 Å². The monoisotopic (exact) mass is 241 g/mol. The van der Waals surface area contributed by atoms with E-state index in [1.54, 1.807) is 4.90 Å². The van der Waals surface area contributed by atoms with Crippen molar-refractivity contribution in [3.63, 3.8) is 0 Å². The van der Waals surface area contributed by atoms with E-state index in [1.165, 1.54) is 7.11 Å². The third kappa shape index (κ3) is 2.76. The summed E-state index contributed by atoms with van der Waals surface area (Å²) in [5.74, 6) is 0.162. The van der Waals surface area contributed by atoms with Gasteiger partial charge in [-0.25, -0.2) is 0 Å². The van der Waals surface area contributed by atoms with Crippen LogP contribution in [-0.2, 0) is 14.3 Å². The van der Waals surface area contributed by atoms with Gasteiger partial charge in [-0.2, -0.15) is 0 Å². The fourth-order valence-electron chi connectivity index (χ4n) is 2.12. The molecular weight excluding hydrogens is 222 g/mol. The molecule has 2 unspecified atom stereocenters. The molecule has 0 radical (unpaired) electrons. The van der Waals surface area contributed by atoms with Crippen molar-refractivity contribution in [1.82, 2.24) is 9.80 Å². The lowest BCUT2D eigenvalue weighted by atomic mass is 10.2. The third-order valence-electron chi connectivity index (χ3n) is 3.37. The van der Waals surface area contributed by atoms with Gasteiger partial charge in [-0.05, 0) is 6.42 Å². The third-order valence-corrected chi connectivity index (χ3v) is 3.37. The molecule has 2 fully saturated rings. The predicted molar refractivity (Wildman–Crippen MR) is 61.1 cm³/mol. The molecule has 1 saturated carbocycles. The van der Waals surface area contributed by atoms with Crippen molar-refractivity contribution in [2.75, 3.05) is 39.9 Å². The highest BCUT2D eigenvalue weighted by Crippen LogP contribution is 2.30. The van der Waals surface area contributed by atoms with Gasteiger partial charge in [0.15, 0.2) is 0 Å². The molecule has 2 rings (SSSR count). The molecule has 1 aliphatic carbocycles. The summed E-state index contributed by atoms with van der Waals surface area (Å²) in [6.07, 6.45) is 0.807. The lowest BCUT2D eigenvalue weighted by molar-refractivity contribution is -0.142. The van der Waals surface area contributed by atoms with Gasteiger partial charge in [-0.3, -0.25) is 9.59 Å². The smallest absolute Gasteiger partial charge is 0.248 e. The van der Waals surface area contributed by atoms with Crippen LogP contribution in [0.3, 0.4) is 0 Å². The Labute approximate surface area is 101 Å². The minimum Gasteiger partial charge on any atom is -0.375 e. The van der Waals surface area contributed by atoms with E-state index in [1.807, 2.05) is 4.90 Å². The molecule has 6 nitrogen and oxygen atoms in total. The molecule has 1 saturated heterocycles. The van der Waals surface area contributed by atoms with Crippen LogP contribution in [0.1, 0.15) is 6.42 Å². The second-order valence-electron chi connectivity index (χ2n) is 4.65. The standard InChI is InChI=1S/C11H19N3O3/c1-17-7-10(15)13-2-4-14(5-3-13)11(16)8-6-9(8)12/h8-9H,2-7,12H2,1H3. The van der Waals surface area contributed by atoms with E-state index >= 15 is 0 Å². The normalized spacial score (nSPS) is 28.1. The number of nitrogens with zero attached hydrogens (tertiary/aromatic N) is 2. The highest BCUT2D eigenvalue weighted by atomic mass is 16.5. The predicted octanol–water partition coefficient (Wildman–Crippen LogP) is -1.35. The van der Waals surface area contributed by atoms with Crippen molar-refractivity contribution in [3.05, 3.63) is 0 Å². The molecule has 96 valence electrons. The van der Waals surface area contributed by atoms with Crippen LogP contribution in [0.25, 0.3) is 0 Å². The van der Waals surface area contributed by atoms with E-state index in [0.717, 1.165) is 6.42 Å². The van der Waals surface area contributed by atoms with E-state index in [4.69, 9.17) is 10.5 Å². The molecule has 2 atom stereocenters. The van der Waals surface area contributed by atoms with Crippen LogP contribution in [0.5, 0.6) is 0 Å². The molecule has 0 aromatic heterocycles. The lowest BCUT2D eigenvalue weighted by Gasteiger charge is -2.34. The summed E-state index contributed by atoms with van der Waals surface area (Å²) < 4.78 is 4.81. The van der Waals surface area contributed by atoms with Crippen molar-refractivity contribution < 1.29 is 14.3 Å². The van der Waals surface area contributed by atoms with Crippen LogP contribution < -0.4 is 5.73 Å². The summed E-state index contributed by atoms with van der Waals surface area (Å²) in [7, 11) is 1.51. The van der Waals surface area contributed by atoms with Gasteiger partial charge in [0, 0.05) is 39.3 Å². The molecule has 0 aromatic rings. The van der Waals surface area contributed by atoms with E-state index < -0.39 is 0 Å². The number of rotatable bonds is 3. The van der Waals surface area contributed by atoms with Gasteiger partial charge in [0.05, 0.1) is 5.92 Å². The highest BCUT2D eigenvalue weighted by Gasteiger charge is 2.42. The molecule has 0 aromatic carbocycles. The number of hydrogen-bond donors (Lipinski definition) is 1. The van der Waals surface area contributed by atoms with Crippen LogP contribution in [0, 0.1) is 5.92 Å². The van der Waals surface area contributed by atoms with E-state index in [2.05, 4.69) is 0 Å². The first-order valence-electron chi connectivity index (χ1n) is 5.94. The summed E-state index contributed by atoms with van der Waals surface area (Å²) in [4.78, 5) is 27.0. The molecule has 2 N–H and O–H groups in total. The Kier molecular flexibility index (Phi) is 3.63. The van der Waals surface area contributed by atoms with Crippen LogP contribution in [0.4, 0.5) is 0 Å². The van der Waals surface area contributed by atoms with Gasteiger partial charge in [0.1, 0.15) is 6.61 Å². The zero-order valence-corrected chi connectivity index (χ0v) is 10.1. The number of amides is 2. The van der Waals surface area contributed by atoms with Crippen LogP contribution >= 0.6 is 0 Å². The second kappa shape index (κ2) is 5.01. The largest absolute Gasteiger partial charge is 0.375 e. The first-order valence-corrected chi connectivity index (χ1v) is 5.94. The van der Waals surface area contributed by atoms with Crippen molar-refractivity contribution in [1.29, 1.82) is 0 Å². The maximum atomic E-state index is 11.9. The summed E-state index contributed by atoms with van der Waals surface area (Å²) in [6, 6.07) is 0.0515. The Morgan fingerprint density at radius 3 is 2.24 bits per heavy atom. The number of nitrogens with two attached hydrogens (primary N) is 1. The van der Waals surface area contributed by atoms with Crippen LogP contribution in [-0.4, -0.2) is 67.6 Å². The summed E-state index contributed by atoms with van der Waals surface area (Å²) in [5, 5.41) is 0. The van der Waals surface area contributed by atoms with Gasteiger partial charge < -0.3 is 20.3 Å². The Morgan fingerprint density at radius 1 is 1.24 bits per heavy atom. The fraction of sp³-hybridized carbons (Fsp3) is 0.818. The lowest BCUT2D eigenvalue weighted by Crippen LogP contribution is -2.52. The molecule has 0 spiro atoms. The molecule has 2 amide bonds. The number of ether oxygens (including phenoxy) is 1. The van der Waals surface area contributed by atoms with Gasteiger partial charge in [-0.1, -0.05) is 0 Å². The molecular formula is C11H19N3O3. The van der Waals surface area contributed by atoms with Crippen LogP contribution in [0.2, 0.25) is 0 Å². The Morgan fingerprint density at radius 2 is 1.76 bits per heavy atom. The first-order chi connectivity index (χ1) is 8.13. The minimum absolute atomic E-state index is 0.0114. The molecule has 17 heavy (non-hydrogen) atoms. The van der Waals surface area contributed by atoms with E-state index in [9.17, 15) is 9.59 Å². The number of carbonyl (C=O) groups is 2. The van der Waals surface area contributed by atoms with Crippen molar-refractivity contribution in [3.8, 4) is 0 Å². The number of carbonyl (C=O) groups excluding carboxylic acids is 2. The Bertz CT molecular complexity index is 313. The summed E-state index contributed by atoms with van der Waals surface area (Å²) >= 11 is 0. The Balaban J connectivity index is 1.78. The van der Waals surface area contributed by atoms with Crippen LogP contribution in [0.15, 0.2) is 0 Å². The number of piperazine rings is 1. The molecule has 1 heterocycles. The van der Waals surface area contributed by atoms with Crippen molar-refractivity contribution in [2.24, 2.45) is 11.7 Å².